The van der Waals surface area contributed by atoms with E-state index < -0.39 is 21.5 Å². The number of nitrogens with zero attached hydrogens (tertiary/aromatic N) is 1. The first-order valence-electron chi connectivity index (χ1n) is 10.5. The number of hydrogen-bond donors (Lipinski definition) is 0. The van der Waals surface area contributed by atoms with Crippen LogP contribution in [0.2, 0.25) is 0 Å². The summed E-state index contributed by atoms with van der Waals surface area (Å²) in [6.45, 7) is 2.22. The number of esters is 1. The molecule has 0 aliphatic heterocycles. The van der Waals surface area contributed by atoms with E-state index >= 15 is 0 Å². The largest absolute Gasteiger partial charge is 1.00 e. The molecule has 2 aromatic rings. The Balaban J connectivity index is 0.00000612. The number of carbonyl (C=O) groups excluding carboxylic acids is 1. The van der Waals surface area contributed by atoms with Crippen molar-refractivity contribution in [2.24, 2.45) is 5.41 Å². The second-order valence-corrected chi connectivity index (χ2v) is 11.1. The minimum Gasteiger partial charge on any atom is -0.744 e. The maximum atomic E-state index is 12.0. The molecule has 0 aromatic heterocycles. The van der Waals surface area contributed by atoms with Gasteiger partial charge in [-0.2, -0.15) is 5.26 Å². The third kappa shape index (κ3) is 10.7. The molecule has 0 aliphatic carbocycles. The van der Waals surface area contributed by atoms with Crippen molar-refractivity contribution >= 4 is 44.3 Å². The number of benzene rings is 2. The van der Waals surface area contributed by atoms with Gasteiger partial charge in [-0.25, -0.2) is 8.42 Å². The van der Waals surface area contributed by atoms with Crippen molar-refractivity contribution < 1.29 is 56.8 Å². The summed E-state index contributed by atoms with van der Waals surface area (Å²) >= 11 is 7.00. The minimum atomic E-state index is -4.57. The number of carbonyl (C=O) groups is 1. The maximum absolute atomic E-state index is 12.0. The van der Waals surface area contributed by atoms with Crippen LogP contribution in [0.1, 0.15) is 42.6 Å². The van der Waals surface area contributed by atoms with Crippen LogP contribution in [-0.4, -0.2) is 43.5 Å². The Kier molecular flexibility index (Phi) is 13.7. The smallest absolute Gasteiger partial charge is 0.744 e. The zero-order chi connectivity index (χ0) is 25.2. The maximum Gasteiger partial charge on any atom is 1.00 e. The molecule has 0 saturated heterocycles. The van der Waals surface area contributed by atoms with E-state index in [1.54, 1.807) is 19.1 Å². The summed E-state index contributed by atoms with van der Waals surface area (Å²) in [5.74, 6) is -0.410. The third-order valence-corrected chi connectivity index (χ3v) is 7.68. The van der Waals surface area contributed by atoms with Gasteiger partial charge in [0.15, 0.2) is 0 Å². The first-order chi connectivity index (χ1) is 16.1. The first kappa shape index (κ1) is 31.7. The van der Waals surface area contributed by atoms with Crippen LogP contribution >= 0.6 is 24.0 Å². The van der Waals surface area contributed by atoms with Gasteiger partial charge in [-0.05, 0) is 43.0 Å². The van der Waals surface area contributed by atoms with Crippen LogP contribution in [-0.2, 0) is 24.4 Å². The van der Waals surface area contributed by atoms with E-state index in [0.29, 0.717) is 17.2 Å². The minimum absolute atomic E-state index is 0. The molecular formula is C24H26NNaO6S3. The number of rotatable bonds is 12. The molecule has 0 amide bonds. The molecule has 11 heteroatoms. The third-order valence-electron chi connectivity index (χ3n) is 5.14. The van der Waals surface area contributed by atoms with Gasteiger partial charge in [0.2, 0.25) is 0 Å². The van der Waals surface area contributed by atoms with E-state index in [4.69, 9.17) is 21.7 Å². The van der Waals surface area contributed by atoms with Gasteiger partial charge in [-0.15, -0.1) is 11.8 Å². The van der Waals surface area contributed by atoms with Crippen LogP contribution in [0.25, 0.3) is 0 Å². The standard InChI is InChI=1S/C24H27NO6S3.Na/c1-24(17-25,13-12-22(26)31-15-14-30-2)16-21(33-23(32)19-6-4-3-5-7-19)18-8-10-20(11-9-18)34(27,28)29;/h3-11,21H,12-16H2,1-2H3,(H,27,28,29);/q;+1/p-1. The van der Waals surface area contributed by atoms with Crippen LogP contribution in [0.15, 0.2) is 59.5 Å². The van der Waals surface area contributed by atoms with E-state index in [-0.39, 0.29) is 59.2 Å². The molecule has 2 atom stereocenters. The predicted molar refractivity (Wildman–Crippen MR) is 133 cm³/mol. The number of thiocarbonyl (C=S) groups is 1. The molecule has 35 heavy (non-hydrogen) atoms. The van der Waals surface area contributed by atoms with E-state index in [2.05, 4.69) is 6.07 Å². The van der Waals surface area contributed by atoms with Gasteiger partial charge in [0, 0.05) is 18.8 Å². The Morgan fingerprint density at radius 2 is 1.80 bits per heavy atom. The van der Waals surface area contributed by atoms with Crippen molar-refractivity contribution in [3.8, 4) is 6.07 Å². The Morgan fingerprint density at radius 1 is 1.17 bits per heavy atom. The zero-order valence-corrected chi connectivity index (χ0v) is 24.4. The van der Waals surface area contributed by atoms with Gasteiger partial charge >= 0.3 is 35.5 Å². The second-order valence-electron chi connectivity index (χ2n) is 7.87. The number of ether oxygens (including phenoxy) is 2. The summed E-state index contributed by atoms with van der Waals surface area (Å²) in [6.07, 6.45) is 0.690. The quantitative estimate of drug-likeness (QED) is 0.129. The summed E-state index contributed by atoms with van der Waals surface area (Å²) in [5.41, 5.74) is 0.694. The molecule has 182 valence electrons. The summed E-state index contributed by atoms with van der Waals surface area (Å²) in [7, 11) is -3.06. The monoisotopic (exact) mass is 543 g/mol. The summed E-state index contributed by atoms with van der Waals surface area (Å²) in [6, 6.07) is 17.4. The molecule has 0 aliphatic rings. The fourth-order valence-corrected chi connectivity index (χ4v) is 5.38. The van der Waals surface area contributed by atoms with Gasteiger partial charge in [0.05, 0.1) is 27.2 Å². The zero-order valence-electron chi connectivity index (χ0n) is 19.9. The van der Waals surface area contributed by atoms with Gasteiger partial charge < -0.3 is 14.0 Å². The number of thioether (sulfide) groups is 1. The van der Waals surface area contributed by atoms with E-state index in [0.717, 1.165) is 11.1 Å². The van der Waals surface area contributed by atoms with Crippen LogP contribution in [0.4, 0.5) is 0 Å². The first-order valence-corrected chi connectivity index (χ1v) is 13.2. The van der Waals surface area contributed by atoms with Gasteiger partial charge in [-0.3, -0.25) is 4.79 Å². The van der Waals surface area contributed by atoms with Crippen molar-refractivity contribution in [2.75, 3.05) is 20.3 Å². The molecule has 2 rings (SSSR count). The Labute approximate surface area is 238 Å². The van der Waals surface area contributed by atoms with Crippen LogP contribution in [0.5, 0.6) is 0 Å². The van der Waals surface area contributed by atoms with E-state index in [1.807, 2.05) is 30.3 Å². The van der Waals surface area contributed by atoms with Crippen molar-refractivity contribution in [2.45, 2.75) is 36.3 Å². The number of nitriles is 1. The van der Waals surface area contributed by atoms with Crippen molar-refractivity contribution in [1.82, 2.24) is 0 Å². The molecule has 0 bridgehead atoms. The molecule has 7 nitrogen and oxygen atoms in total. The molecule has 0 radical (unpaired) electrons. The Hall–Kier alpha value is -1.29. The second kappa shape index (κ2) is 15.1. The molecule has 2 aromatic carbocycles. The summed E-state index contributed by atoms with van der Waals surface area (Å²) < 4.78 is 44.5. The van der Waals surface area contributed by atoms with Crippen LogP contribution in [0, 0.1) is 16.7 Å². The predicted octanol–water partition coefficient (Wildman–Crippen LogP) is 1.63. The van der Waals surface area contributed by atoms with Gasteiger partial charge in [0.1, 0.15) is 16.7 Å². The van der Waals surface area contributed by atoms with Gasteiger partial charge in [-0.1, -0.05) is 54.7 Å². The topological polar surface area (TPSA) is 117 Å². The Morgan fingerprint density at radius 3 is 2.34 bits per heavy atom. The SMILES string of the molecule is COCCOC(=O)CCC(C)(C#N)CC(SC(=S)c1ccccc1)c1ccc(S(=O)(=O)[O-])cc1.[Na+]. The fourth-order valence-electron chi connectivity index (χ4n) is 3.15. The fraction of sp³-hybridized carbons (Fsp3) is 0.375. The van der Waals surface area contributed by atoms with Crippen molar-refractivity contribution in [3.63, 3.8) is 0 Å². The number of hydrogen-bond acceptors (Lipinski definition) is 9. The molecule has 0 heterocycles. The average Bonchev–Trinajstić information content (AvgIpc) is 2.82. The van der Waals surface area contributed by atoms with Crippen molar-refractivity contribution in [1.29, 1.82) is 5.26 Å². The number of methoxy groups -OCH3 is 1. The van der Waals surface area contributed by atoms with Crippen molar-refractivity contribution in [3.05, 3.63) is 65.7 Å². The summed E-state index contributed by atoms with van der Waals surface area (Å²) in [4.78, 5) is 11.7. The van der Waals surface area contributed by atoms with E-state index in [9.17, 15) is 23.0 Å². The van der Waals surface area contributed by atoms with Gasteiger partial charge in [0.25, 0.3) is 0 Å². The normalized spacial score (nSPS) is 13.5. The molecule has 2 unspecified atom stereocenters. The summed E-state index contributed by atoms with van der Waals surface area (Å²) in [5, 5.41) is 9.61. The van der Waals surface area contributed by atoms with E-state index in [1.165, 1.54) is 31.0 Å². The molecule has 0 fully saturated rings. The Bertz CT molecular complexity index is 1120. The van der Waals surface area contributed by atoms with Crippen LogP contribution in [0.3, 0.4) is 0 Å². The molecule has 0 N–H and O–H groups in total. The molecule has 0 spiro atoms. The molecular weight excluding hydrogens is 517 g/mol. The average molecular weight is 544 g/mol. The molecule has 0 saturated carbocycles. The van der Waals surface area contributed by atoms with Crippen LogP contribution < -0.4 is 29.6 Å².